The summed E-state index contributed by atoms with van der Waals surface area (Å²) in [7, 11) is 0. The summed E-state index contributed by atoms with van der Waals surface area (Å²) in [5.41, 5.74) is 4.56. The second-order valence-corrected chi connectivity index (χ2v) is 6.21. The fraction of sp³-hybridized carbons (Fsp3) is 0.316. The van der Waals surface area contributed by atoms with Crippen LogP contribution >= 0.6 is 24.0 Å². The number of aryl methyl sites for hydroxylation is 1. The quantitative estimate of drug-likeness (QED) is 0.714. The Hall–Kier alpha value is -1.51. The van der Waals surface area contributed by atoms with Gasteiger partial charge in [-0.2, -0.15) is 0 Å². The molecule has 3 rings (SSSR count). The summed E-state index contributed by atoms with van der Waals surface area (Å²) < 4.78 is 0. The first kappa shape index (κ1) is 17.8. The lowest BCUT2D eigenvalue weighted by Crippen LogP contribution is -2.30. The molecule has 0 radical (unpaired) electrons. The van der Waals surface area contributed by atoms with E-state index >= 15 is 0 Å². The Morgan fingerprint density at radius 3 is 2.57 bits per heavy atom. The smallest absolute Gasteiger partial charge is 0.0650 e. The predicted molar refractivity (Wildman–Crippen MR) is 103 cm³/mol. The molecule has 4 heteroatoms. The minimum Gasteiger partial charge on any atom is -0.371 e. The van der Waals surface area contributed by atoms with Crippen molar-refractivity contribution >= 4 is 41.8 Å². The first-order valence-corrected chi connectivity index (χ1v) is 8.26. The Kier molecular flexibility index (Phi) is 6.49. The summed E-state index contributed by atoms with van der Waals surface area (Å²) in [5, 5.41) is 0.766. The van der Waals surface area contributed by atoms with Gasteiger partial charge in [-0.05, 0) is 55.5 Å². The second-order valence-electron chi connectivity index (χ2n) is 5.80. The van der Waals surface area contributed by atoms with Crippen LogP contribution in [0.25, 0.3) is 12.2 Å². The second kappa shape index (κ2) is 8.37. The maximum absolute atomic E-state index is 6.19. The summed E-state index contributed by atoms with van der Waals surface area (Å²) in [4.78, 5) is 7.00. The summed E-state index contributed by atoms with van der Waals surface area (Å²) in [6, 6.07) is 10.0. The van der Waals surface area contributed by atoms with Gasteiger partial charge >= 0.3 is 0 Å². The third kappa shape index (κ3) is 4.49. The van der Waals surface area contributed by atoms with Crippen LogP contribution in [0.15, 0.2) is 36.5 Å². The highest BCUT2D eigenvalue weighted by Gasteiger charge is 2.13. The van der Waals surface area contributed by atoms with E-state index in [1.165, 1.54) is 30.5 Å². The SMILES string of the molecule is Cc1cnc(C=Cc2ccccc2Cl)cc1N1CCCCC1.Cl. The van der Waals surface area contributed by atoms with Gasteiger partial charge < -0.3 is 4.90 Å². The number of anilines is 1. The summed E-state index contributed by atoms with van der Waals surface area (Å²) in [6.45, 7) is 4.44. The highest BCUT2D eigenvalue weighted by molar-refractivity contribution is 6.32. The number of aromatic nitrogens is 1. The molecule has 0 spiro atoms. The molecule has 23 heavy (non-hydrogen) atoms. The third-order valence-corrected chi connectivity index (χ3v) is 4.48. The zero-order valence-electron chi connectivity index (χ0n) is 13.3. The van der Waals surface area contributed by atoms with E-state index in [1.54, 1.807) is 0 Å². The van der Waals surface area contributed by atoms with Gasteiger partial charge in [-0.15, -0.1) is 12.4 Å². The maximum atomic E-state index is 6.19. The Balaban J connectivity index is 0.00000192. The number of nitrogens with zero attached hydrogens (tertiary/aromatic N) is 2. The zero-order valence-corrected chi connectivity index (χ0v) is 14.9. The number of piperidine rings is 1. The van der Waals surface area contributed by atoms with Crippen molar-refractivity contribution in [3.05, 3.63) is 58.4 Å². The molecule has 0 bridgehead atoms. The van der Waals surface area contributed by atoms with Crippen molar-refractivity contribution in [2.45, 2.75) is 26.2 Å². The number of pyridine rings is 1. The van der Waals surface area contributed by atoms with Crippen molar-refractivity contribution in [1.29, 1.82) is 0 Å². The Morgan fingerprint density at radius 1 is 1.09 bits per heavy atom. The Labute approximate surface area is 149 Å². The van der Waals surface area contributed by atoms with Crippen LogP contribution in [-0.4, -0.2) is 18.1 Å². The first-order valence-electron chi connectivity index (χ1n) is 7.88. The predicted octanol–water partition coefficient (Wildman–Crippen LogP) is 5.63. The van der Waals surface area contributed by atoms with Gasteiger partial charge in [0.1, 0.15) is 0 Å². The lowest BCUT2D eigenvalue weighted by Gasteiger charge is -2.30. The zero-order chi connectivity index (χ0) is 15.4. The van der Waals surface area contributed by atoms with Gasteiger partial charge in [-0.3, -0.25) is 4.98 Å². The summed E-state index contributed by atoms with van der Waals surface area (Å²) in [5.74, 6) is 0. The van der Waals surface area contributed by atoms with Crippen LogP contribution in [0.4, 0.5) is 5.69 Å². The fourth-order valence-corrected chi connectivity index (χ4v) is 3.08. The molecule has 0 aliphatic carbocycles. The molecule has 1 aromatic heterocycles. The van der Waals surface area contributed by atoms with Gasteiger partial charge in [0, 0.05) is 30.0 Å². The number of hydrogen-bond acceptors (Lipinski definition) is 2. The molecule has 1 aromatic carbocycles. The molecule has 0 amide bonds. The van der Waals surface area contributed by atoms with E-state index in [9.17, 15) is 0 Å². The highest BCUT2D eigenvalue weighted by Crippen LogP contribution is 2.25. The van der Waals surface area contributed by atoms with Crippen molar-refractivity contribution < 1.29 is 0 Å². The molecule has 1 aliphatic heterocycles. The molecule has 0 N–H and O–H groups in total. The van der Waals surface area contributed by atoms with Crippen LogP contribution in [0.3, 0.4) is 0 Å². The standard InChI is InChI=1S/C19H21ClN2.ClH/c1-15-14-21-17(10-9-16-7-3-4-8-18(16)20)13-19(15)22-11-5-2-6-12-22;/h3-4,7-10,13-14H,2,5-6,11-12H2,1H3;1H. The Bertz CT molecular complexity index is 677. The van der Waals surface area contributed by atoms with E-state index in [1.807, 2.05) is 42.6 Å². The van der Waals surface area contributed by atoms with Gasteiger partial charge in [-0.25, -0.2) is 0 Å². The van der Waals surface area contributed by atoms with E-state index in [-0.39, 0.29) is 12.4 Å². The van der Waals surface area contributed by atoms with Crippen molar-refractivity contribution in [2.24, 2.45) is 0 Å². The van der Waals surface area contributed by atoms with Crippen LogP contribution in [-0.2, 0) is 0 Å². The van der Waals surface area contributed by atoms with Gasteiger partial charge in [0.15, 0.2) is 0 Å². The number of hydrogen-bond donors (Lipinski definition) is 0. The van der Waals surface area contributed by atoms with Gasteiger partial charge in [0.2, 0.25) is 0 Å². The molecule has 1 aliphatic rings. The largest absolute Gasteiger partial charge is 0.371 e. The maximum Gasteiger partial charge on any atom is 0.0650 e. The normalized spacial score (nSPS) is 14.8. The topological polar surface area (TPSA) is 16.1 Å². The van der Waals surface area contributed by atoms with Crippen molar-refractivity contribution in [1.82, 2.24) is 4.98 Å². The van der Waals surface area contributed by atoms with Crippen LogP contribution in [0, 0.1) is 6.92 Å². The van der Waals surface area contributed by atoms with E-state index in [0.717, 1.165) is 29.4 Å². The molecular weight excluding hydrogens is 327 g/mol. The average Bonchev–Trinajstić information content (AvgIpc) is 2.56. The van der Waals surface area contributed by atoms with Crippen molar-refractivity contribution in [2.75, 3.05) is 18.0 Å². The molecule has 0 atom stereocenters. The number of benzene rings is 1. The van der Waals surface area contributed by atoms with Crippen LogP contribution in [0.1, 0.15) is 36.1 Å². The molecule has 1 saturated heterocycles. The van der Waals surface area contributed by atoms with E-state index in [2.05, 4.69) is 22.9 Å². The van der Waals surface area contributed by atoms with Crippen LogP contribution in [0.5, 0.6) is 0 Å². The van der Waals surface area contributed by atoms with Crippen molar-refractivity contribution in [3.63, 3.8) is 0 Å². The van der Waals surface area contributed by atoms with Gasteiger partial charge in [-0.1, -0.05) is 35.9 Å². The number of halogens is 2. The lowest BCUT2D eigenvalue weighted by molar-refractivity contribution is 0.577. The van der Waals surface area contributed by atoms with E-state index in [0.29, 0.717) is 0 Å². The minimum atomic E-state index is 0. The first-order chi connectivity index (χ1) is 10.7. The Morgan fingerprint density at radius 2 is 1.83 bits per heavy atom. The van der Waals surface area contributed by atoms with Crippen LogP contribution < -0.4 is 4.90 Å². The number of rotatable bonds is 3. The molecule has 0 unspecified atom stereocenters. The van der Waals surface area contributed by atoms with Gasteiger partial charge in [0.25, 0.3) is 0 Å². The van der Waals surface area contributed by atoms with Gasteiger partial charge in [0.05, 0.1) is 5.69 Å². The summed E-state index contributed by atoms with van der Waals surface area (Å²) in [6.07, 6.45) is 9.95. The third-order valence-electron chi connectivity index (χ3n) is 4.13. The van der Waals surface area contributed by atoms with Crippen LogP contribution in [0.2, 0.25) is 5.02 Å². The molecule has 122 valence electrons. The minimum absolute atomic E-state index is 0. The lowest BCUT2D eigenvalue weighted by atomic mass is 10.1. The highest BCUT2D eigenvalue weighted by atomic mass is 35.5. The molecule has 1 fully saturated rings. The van der Waals surface area contributed by atoms with E-state index < -0.39 is 0 Å². The molecule has 0 saturated carbocycles. The van der Waals surface area contributed by atoms with Crippen molar-refractivity contribution in [3.8, 4) is 0 Å². The molecule has 2 aromatic rings. The van der Waals surface area contributed by atoms with E-state index in [4.69, 9.17) is 11.6 Å². The molecular formula is C19H22Cl2N2. The molecule has 2 heterocycles. The molecule has 2 nitrogen and oxygen atoms in total. The average molecular weight is 349 g/mol. The summed E-state index contributed by atoms with van der Waals surface area (Å²) >= 11 is 6.19. The fourth-order valence-electron chi connectivity index (χ4n) is 2.88. The monoisotopic (exact) mass is 348 g/mol.